The van der Waals surface area contributed by atoms with Crippen molar-refractivity contribution in [2.75, 3.05) is 19.0 Å². The molecule has 2 aromatic carbocycles. The molecular weight excluding hydrogens is 468 g/mol. The Morgan fingerprint density at radius 2 is 1.86 bits per heavy atom. The fraction of sp³-hybridized carbons (Fsp3) is 0.182. The summed E-state index contributed by atoms with van der Waals surface area (Å²) in [5.74, 6) is -2.63. The van der Waals surface area contributed by atoms with Crippen LogP contribution in [-0.2, 0) is 6.54 Å². The third kappa shape index (κ3) is 4.39. The molecule has 35 heavy (non-hydrogen) atoms. The molecule has 0 radical (unpaired) electrons. The van der Waals surface area contributed by atoms with Gasteiger partial charge in [-0.2, -0.15) is 8.78 Å². The van der Waals surface area contributed by atoms with Crippen LogP contribution in [0.1, 0.15) is 17.9 Å². The highest BCUT2D eigenvalue weighted by molar-refractivity contribution is 5.83. The van der Waals surface area contributed by atoms with Crippen molar-refractivity contribution in [3.8, 4) is 22.7 Å². The summed E-state index contributed by atoms with van der Waals surface area (Å²) < 4.78 is 60.6. The van der Waals surface area contributed by atoms with Gasteiger partial charge in [-0.25, -0.2) is 23.4 Å². The van der Waals surface area contributed by atoms with E-state index in [1.807, 2.05) is 32.3 Å². The van der Waals surface area contributed by atoms with Crippen molar-refractivity contribution in [2.45, 2.75) is 13.0 Å². The second-order valence-electron chi connectivity index (χ2n) is 7.81. The van der Waals surface area contributed by atoms with Gasteiger partial charge in [0, 0.05) is 36.8 Å². The van der Waals surface area contributed by atoms with Crippen LogP contribution in [0, 0.1) is 11.6 Å². The fourth-order valence-corrected chi connectivity index (χ4v) is 3.39. The number of fused-ring (bicyclic) bond motifs is 1. The second-order valence-corrected chi connectivity index (χ2v) is 7.81. The molecule has 0 aliphatic heterocycles. The first-order valence-electron chi connectivity index (χ1n) is 10.2. The van der Waals surface area contributed by atoms with Gasteiger partial charge >= 0.3 is 6.43 Å². The maximum atomic E-state index is 14.7. The Bertz CT molecular complexity index is 1530. The fourth-order valence-electron chi connectivity index (χ4n) is 3.39. The van der Waals surface area contributed by atoms with E-state index >= 15 is 0 Å². The highest BCUT2D eigenvalue weighted by Gasteiger charge is 2.21. The number of benzene rings is 2. The van der Waals surface area contributed by atoms with E-state index in [-0.39, 0.29) is 12.1 Å². The van der Waals surface area contributed by atoms with Crippen LogP contribution < -0.4 is 4.90 Å². The molecule has 0 N–H and O–H groups in total. The summed E-state index contributed by atoms with van der Waals surface area (Å²) in [6, 6.07) is 7.26. The van der Waals surface area contributed by atoms with E-state index < -0.39 is 35.4 Å². The van der Waals surface area contributed by atoms with Crippen LogP contribution in [0.25, 0.3) is 33.6 Å². The van der Waals surface area contributed by atoms with Crippen LogP contribution in [0.3, 0.4) is 0 Å². The van der Waals surface area contributed by atoms with Crippen molar-refractivity contribution >= 4 is 16.9 Å². The first-order chi connectivity index (χ1) is 16.8. The lowest BCUT2D eigenvalue weighted by Gasteiger charge is -2.10. The Labute approximate surface area is 195 Å². The standard InChI is InChI=1S/C22H16F4N8O/c1-33(2)22-27-8-12-5-11(3-4-17(12)28-22)18-10-34(32-29-18)9-13-6-16(24)14(7-15(13)23)20-30-31-21(35-20)19(25)26/h3-8,10,19H,9H2,1-2H3. The number of hydrogen-bond donors (Lipinski definition) is 0. The van der Waals surface area contributed by atoms with Gasteiger partial charge < -0.3 is 9.32 Å². The zero-order valence-corrected chi connectivity index (χ0v) is 18.3. The third-order valence-electron chi connectivity index (χ3n) is 5.13. The Balaban J connectivity index is 1.38. The molecule has 0 aliphatic carbocycles. The molecule has 178 valence electrons. The van der Waals surface area contributed by atoms with E-state index in [2.05, 4.69) is 30.5 Å². The van der Waals surface area contributed by atoms with E-state index in [0.717, 1.165) is 28.6 Å². The SMILES string of the molecule is CN(C)c1ncc2cc(-c3cn(Cc4cc(F)c(-c5nnc(C(F)F)o5)cc4F)nn3)ccc2n1. The minimum Gasteiger partial charge on any atom is -0.415 e. The predicted molar refractivity (Wildman–Crippen MR) is 117 cm³/mol. The van der Waals surface area contributed by atoms with Gasteiger partial charge in [-0.15, -0.1) is 15.3 Å². The lowest BCUT2D eigenvalue weighted by molar-refractivity contribution is 0.116. The normalized spacial score (nSPS) is 11.5. The molecule has 0 aliphatic rings. The van der Waals surface area contributed by atoms with Crippen molar-refractivity contribution in [1.29, 1.82) is 0 Å². The van der Waals surface area contributed by atoms with Gasteiger partial charge in [0.05, 0.1) is 23.8 Å². The van der Waals surface area contributed by atoms with E-state index in [1.54, 1.807) is 17.3 Å². The monoisotopic (exact) mass is 484 g/mol. The van der Waals surface area contributed by atoms with Gasteiger partial charge in [-0.3, -0.25) is 0 Å². The smallest absolute Gasteiger partial charge is 0.314 e. The maximum Gasteiger partial charge on any atom is 0.314 e. The Kier molecular flexibility index (Phi) is 5.59. The molecule has 5 rings (SSSR count). The summed E-state index contributed by atoms with van der Waals surface area (Å²) in [5.41, 5.74) is 1.59. The molecule has 0 bridgehead atoms. The molecular formula is C22H16F4N8O. The number of hydrogen-bond acceptors (Lipinski definition) is 8. The van der Waals surface area contributed by atoms with Gasteiger partial charge in [0.2, 0.25) is 5.95 Å². The lowest BCUT2D eigenvalue weighted by atomic mass is 10.1. The van der Waals surface area contributed by atoms with Gasteiger partial charge in [-0.1, -0.05) is 11.3 Å². The van der Waals surface area contributed by atoms with E-state index in [1.165, 1.54) is 4.68 Å². The Morgan fingerprint density at radius 3 is 2.60 bits per heavy atom. The van der Waals surface area contributed by atoms with E-state index in [9.17, 15) is 17.6 Å². The maximum absolute atomic E-state index is 14.7. The number of aromatic nitrogens is 7. The average molecular weight is 484 g/mol. The summed E-state index contributed by atoms with van der Waals surface area (Å²) in [4.78, 5) is 10.6. The summed E-state index contributed by atoms with van der Waals surface area (Å²) in [7, 11) is 3.70. The number of anilines is 1. The molecule has 5 aromatic rings. The van der Waals surface area contributed by atoms with Crippen LogP contribution >= 0.6 is 0 Å². The van der Waals surface area contributed by atoms with Crippen molar-refractivity contribution in [3.63, 3.8) is 0 Å². The molecule has 0 unspecified atom stereocenters. The van der Waals surface area contributed by atoms with E-state index in [0.29, 0.717) is 11.6 Å². The summed E-state index contributed by atoms with van der Waals surface area (Å²) in [6.07, 6.45) is 0.281. The highest BCUT2D eigenvalue weighted by atomic mass is 19.3. The molecule has 0 saturated carbocycles. The summed E-state index contributed by atoms with van der Waals surface area (Å²) in [5, 5.41) is 15.4. The first kappa shape index (κ1) is 22.4. The Morgan fingerprint density at radius 1 is 1.03 bits per heavy atom. The van der Waals surface area contributed by atoms with Crippen LogP contribution in [-0.4, -0.2) is 49.3 Å². The number of rotatable bonds is 6. The highest BCUT2D eigenvalue weighted by Crippen LogP contribution is 2.28. The second kappa shape index (κ2) is 8.74. The largest absolute Gasteiger partial charge is 0.415 e. The lowest BCUT2D eigenvalue weighted by Crippen LogP contribution is -2.12. The third-order valence-corrected chi connectivity index (χ3v) is 5.13. The topological polar surface area (TPSA) is 98.7 Å². The molecule has 3 heterocycles. The van der Waals surface area contributed by atoms with Crippen LogP contribution in [0.5, 0.6) is 0 Å². The van der Waals surface area contributed by atoms with Gasteiger partial charge in [0.1, 0.15) is 17.3 Å². The van der Waals surface area contributed by atoms with Gasteiger partial charge in [0.25, 0.3) is 11.8 Å². The van der Waals surface area contributed by atoms with Gasteiger partial charge in [0.15, 0.2) is 0 Å². The minimum absolute atomic E-state index is 0.0283. The first-order valence-corrected chi connectivity index (χ1v) is 10.2. The van der Waals surface area contributed by atoms with E-state index in [4.69, 9.17) is 4.42 Å². The number of alkyl halides is 2. The zero-order chi connectivity index (χ0) is 24.7. The molecule has 0 saturated heterocycles. The molecule has 0 atom stereocenters. The van der Waals surface area contributed by atoms with Crippen molar-refractivity contribution in [2.24, 2.45) is 0 Å². The van der Waals surface area contributed by atoms with Crippen LogP contribution in [0.15, 0.2) is 47.1 Å². The summed E-state index contributed by atoms with van der Waals surface area (Å²) >= 11 is 0. The Hall–Kier alpha value is -4.42. The minimum atomic E-state index is -3.02. The molecule has 3 aromatic heterocycles. The summed E-state index contributed by atoms with van der Waals surface area (Å²) in [6.45, 7) is -0.120. The molecule has 0 fully saturated rings. The molecule has 13 heteroatoms. The van der Waals surface area contributed by atoms with Crippen LogP contribution in [0.2, 0.25) is 0 Å². The average Bonchev–Trinajstić information content (AvgIpc) is 3.51. The van der Waals surface area contributed by atoms with Crippen LogP contribution in [0.4, 0.5) is 23.5 Å². The van der Waals surface area contributed by atoms with Gasteiger partial charge in [-0.05, 0) is 24.3 Å². The molecule has 9 nitrogen and oxygen atoms in total. The molecule has 0 amide bonds. The number of halogens is 4. The zero-order valence-electron chi connectivity index (χ0n) is 18.3. The van der Waals surface area contributed by atoms with Crippen molar-refractivity contribution < 1.29 is 22.0 Å². The predicted octanol–water partition coefficient (Wildman–Crippen LogP) is 4.27. The number of nitrogens with zero attached hydrogens (tertiary/aromatic N) is 8. The quantitative estimate of drug-likeness (QED) is 0.330. The molecule has 0 spiro atoms. The van der Waals surface area contributed by atoms with Crippen molar-refractivity contribution in [1.82, 2.24) is 35.2 Å². The van der Waals surface area contributed by atoms with Crippen molar-refractivity contribution in [3.05, 3.63) is 65.8 Å².